The minimum absolute atomic E-state index is 0.0210. The molecule has 1 aromatic carbocycles. The van der Waals surface area contributed by atoms with Crippen LogP contribution in [0, 0.1) is 0 Å². The summed E-state index contributed by atoms with van der Waals surface area (Å²) < 4.78 is 37.8. The van der Waals surface area contributed by atoms with E-state index in [0.717, 1.165) is 12.1 Å². The second-order valence-corrected chi connectivity index (χ2v) is 4.02. The zero-order valence-corrected chi connectivity index (χ0v) is 10.5. The van der Waals surface area contributed by atoms with E-state index in [-0.39, 0.29) is 17.6 Å². The molecule has 0 aliphatic rings. The quantitative estimate of drug-likeness (QED) is 0.541. The fourth-order valence-electron chi connectivity index (χ4n) is 1.06. The summed E-state index contributed by atoms with van der Waals surface area (Å²) in [5, 5.41) is 0. The van der Waals surface area contributed by atoms with Crippen molar-refractivity contribution in [3.05, 3.63) is 28.2 Å². The molecular formula is C9H9BrF3N5. The molecule has 0 aliphatic heterocycles. The molecule has 0 fully saturated rings. The van der Waals surface area contributed by atoms with E-state index in [1.165, 1.54) is 6.07 Å². The van der Waals surface area contributed by atoms with Crippen LogP contribution in [0.25, 0.3) is 0 Å². The third-order valence-electron chi connectivity index (χ3n) is 1.75. The van der Waals surface area contributed by atoms with Gasteiger partial charge in [0.25, 0.3) is 0 Å². The summed E-state index contributed by atoms with van der Waals surface area (Å²) in [6.45, 7) is 0. The Morgan fingerprint density at radius 1 is 1.17 bits per heavy atom. The van der Waals surface area contributed by atoms with E-state index in [2.05, 4.69) is 25.9 Å². The molecule has 0 aliphatic carbocycles. The second kappa shape index (κ2) is 5.25. The topological polar surface area (TPSA) is 103 Å². The van der Waals surface area contributed by atoms with Crippen LogP contribution in [0.3, 0.4) is 0 Å². The predicted octanol–water partition coefficient (Wildman–Crippen LogP) is 1.69. The minimum Gasteiger partial charge on any atom is -0.370 e. The maximum Gasteiger partial charge on any atom is 0.416 e. The largest absolute Gasteiger partial charge is 0.416 e. The average Bonchev–Trinajstić information content (AvgIpc) is 2.18. The lowest BCUT2D eigenvalue weighted by Crippen LogP contribution is -2.26. The average molecular weight is 324 g/mol. The van der Waals surface area contributed by atoms with Crippen molar-refractivity contribution in [2.24, 2.45) is 27.2 Å². The first-order chi connectivity index (χ1) is 8.20. The lowest BCUT2D eigenvalue weighted by atomic mass is 10.2. The number of aliphatic imine (C=N–C) groups is 2. The molecule has 98 valence electrons. The van der Waals surface area contributed by atoms with Crippen LogP contribution < -0.4 is 17.2 Å². The summed E-state index contributed by atoms with van der Waals surface area (Å²) >= 11 is 3.05. The molecule has 0 saturated carbocycles. The van der Waals surface area contributed by atoms with Gasteiger partial charge in [-0.1, -0.05) is 0 Å². The molecule has 0 saturated heterocycles. The van der Waals surface area contributed by atoms with Gasteiger partial charge in [0.1, 0.15) is 0 Å². The summed E-state index contributed by atoms with van der Waals surface area (Å²) in [6.07, 6.45) is -4.46. The van der Waals surface area contributed by atoms with Crippen LogP contribution in [-0.2, 0) is 6.18 Å². The molecule has 0 heterocycles. The standard InChI is InChI=1S/C9H9BrF3N5/c10-5-2-1-4(9(11,12)13)3-6(5)17-8(16)18-7(14)15/h1-3H,(H6,14,15,16,17,18). The van der Waals surface area contributed by atoms with E-state index in [1.807, 2.05) is 0 Å². The van der Waals surface area contributed by atoms with Crippen LogP contribution in [0.15, 0.2) is 32.7 Å². The Morgan fingerprint density at radius 3 is 2.28 bits per heavy atom. The van der Waals surface area contributed by atoms with Gasteiger partial charge >= 0.3 is 6.18 Å². The molecule has 0 amide bonds. The first-order valence-corrected chi connectivity index (χ1v) is 5.30. The molecule has 0 spiro atoms. The van der Waals surface area contributed by atoms with E-state index in [0.29, 0.717) is 4.47 Å². The molecule has 0 atom stereocenters. The molecular weight excluding hydrogens is 315 g/mol. The zero-order chi connectivity index (χ0) is 13.9. The molecule has 0 unspecified atom stereocenters. The van der Waals surface area contributed by atoms with Crippen molar-refractivity contribution >= 4 is 33.5 Å². The number of alkyl halides is 3. The Morgan fingerprint density at radius 2 is 1.78 bits per heavy atom. The van der Waals surface area contributed by atoms with E-state index in [9.17, 15) is 13.2 Å². The maximum atomic E-state index is 12.5. The van der Waals surface area contributed by atoms with Gasteiger partial charge in [-0.2, -0.15) is 18.2 Å². The van der Waals surface area contributed by atoms with Gasteiger partial charge in [0.05, 0.1) is 11.3 Å². The van der Waals surface area contributed by atoms with Gasteiger partial charge in [-0.3, -0.25) is 0 Å². The number of benzene rings is 1. The molecule has 0 aromatic heterocycles. The monoisotopic (exact) mass is 323 g/mol. The molecule has 0 radical (unpaired) electrons. The van der Waals surface area contributed by atoms with E-state index < -0.39 is 11.7 Å². The highest BCUT2D eigenvalue weighted by molar-refractivity contribution is 9.10. The summed E-state index contributed by atoms with van der Waals surface area (Å²) in [5.41, 5.74) is 14.6. The van der Waals surface area contributed by atoms with Crippen LogP contribution >= 0.6 is 15.9 Å². The van der Waals surface area contributed by atoms with Gasteiger partial charge in [-0.05, 0) is 34.1 Å². The Balaban J connectivity index is 3.21. The fraction of sp³-hybridized carbons (Fsp3) is 0.111. The smallest absolute Gasteiger partial charge is 0.370 e. The van der Waals surface area contributed by atoms with Crippen molar-refractivity contribution in [2.45, 2.75) is 6.18 Å². The normalized spacial score (nSPS) is 12.3. The van der Waals surface area contributed by atoms with Crippen LogP contribution in [-0.4, -0.2) is 11.9 Å². The Hall–Kier alpha value is -1.77. The van der Waals surface area contributed by atoms with Gasteiger partial charge in [-0.25, -0.2) is 4.99 Å². The second-order valence-electron chi connectivity index (χ2n) is 3.17. The highest BCUT2D eigenvalue weighted by Gasteiger charge is 2.30. The number of hydrogen-bond acceptors (Lipinski definition) is 1. The highest BCUT2D eigenvalue weighted by Crippen LogP contribution is 2.35. The van der Waals surface area contributed by atoms with Crippen molar-refractivity contribution in [1.29, 1.82) is 0 Å². The van der Waals surface area contributed by atoms with E-state index in [4.69, 9.17) is 17.2 Å². The molecule has 0 bridgehead atoms. The van der Waals surface area contributed by atoms with Gasteiger partial charge in [0.2, 0.25) is 5.96 Å². The Bertz CT molecular complexity index is 505. The molecule has 1 aromatic rings. The number of hydrogen-bond donors (Lipinski definition) is 3. The van der Waals surface area contributed by atoms with Crippen LogP contribution in [0.2, 0.25) is 0 Å². The van der Waals surface area contributed by atoms with Gasteiger partial charge in [0.15, 0.2) is 5.96 Å². The number of guanidine groups is 2. The number of nitrogens with zero attached hydrogens (tertiary/aromatic N) is 2. The Kier molecular flexibility index (Phi) is 4.17. The summed E-state index contributed by atoms with van der Waals surface area (Å²) in [5.74, 6) is -0.672. The predicted molar refractivity (Wildman–Crippen MR) is 66.2 cm³/mol. The first kappa shape index (κ1) is 14.3. The minimum atomic E-state index is -4.46. The van der Waals surface area contributed by atoms with E-state index in [1.54, 1.807) is 0 Å². The third kappa shape index (κ3) is 3.91. The van der Waals surface area contributed by atoms with E-state index >= 15 is 0 Å². The molecule has 9 heteroatoms. The molecule has 6 N–H and O–H groups in total. The Labute approximate surface area is 109 Å². The van der Waals surface area contributed by atoms with Crippen molar-refractivity contribution < 1.29 is 13.2 Å². The van der Waals surface area contributed by atoms with Crippen molar-refractivity contribution in [2.75, 3.05) is 0 Å². The number of rotatable bonds is 1. The maximum absolute atomic E-state index is 12.5. The van der Waals surface area contributed by atoms with Crippen molar-refractivity contribution in [3.8, 4) is 0 Å². The third-order valence-corrected chi connectivity index (χ3v) is 2.42. The summed E-state index contributed by atoms with van der Waals surface area (Å²) in [7, 11) is 0. The van der Waals surface area contributed by atoms with Crippen molar-refractivity contribution in [1.82, 2.24) is 0 Å². The number of halogens is 4. The highest BCUT2D eigenvalue weighted by atomic mass is 79.9. The summed E-state index contributed by atoms with van der Waals surface area (Å²) in [4.78, 5) is 7.08. The number of nitrogens with two attached hydrogens (primary N) is 3. The van der Waals surface area contributed by atoms with Crippen LogP contribution in [0.4, 0.5) is 18.9 Å². The summed E-state index contributed by atoms with van der Waals surface area (Å²) in [6, 6.07) is 2.96. The fourth-order valence-corrected chi connectivity index (χ4v) is 1.39. The van der Waals surface area contributed by atoms with Gasteiger partial charge in [-0.15, -0.1) is 0 Å². The SMILES string of the molecule is NC(N)=NC(N)=Nc1cc(C(F)(F)F)ccc1Br. The van der Waals surface area contributed by atoms with Gasteiger partial charge in [0, 0.05) is 4.47 Å². The molecule has 5 nitrogen and oxygen atoms in total. The molecule has 18 heavy (non-hydrogen) atoms. The lowest BCUT2D eigenvalue weighted by molar-refractivity contribution is -0.137. The molecule has 1 rings (SSSR count). The first-order valence-electron chi connectivity index (χ1n) is 4.50. The van der Waals surface area contributed by atoms with Crippen molar-refractivity contribution in [3.63, 3.8) is 0 Å². The van der Waals surface area contributed by atoms with Crippen LogP contribution in [0.1, 0.15) is 5.56 Å². The van der Waals surface area contributed by atoms with Gasteiger partial charge < -0.3 is 17.2 Å². The zero-order valence-electron chi connectivity index (χ0n) is 8.87. The lowest BCUT2D eigenvalue weighted by Gasteiger charge is -2.08. The van der Waals surface area contributed by atoms with Crippen LogP contribution in [0.5, 0.6) is 0 Å².